The van der Waals surface area contributed by atoms with Crippen LogP contribution in [0.3, 0.4) is 0 Å². The first-order chi connectivity index (χ1) is 9.31. The molecule has 0 aromatic heterocycles. The molecule has 0 fully saturated rings. The van der Waals surface area contributed by atoms with Crippen molar-refractivity contribution in [3.8, 4) is 5.75 Å². The van der Waals surface area contributed by atoms with Crippen molar-refractivity contribution in [1.82, 2.24) is 4.90 Å². The third kappa shape index (κ3) is 3.87. The summed E-state index contributed by atoms with van der Waals surface area (Å²) in [5.41, 5.74) is 0.594. The highest BCUT2D eigenvalue weighted by Crippen LogP contribution is 2.38. The van der Waals surface area contributed by atoms with Crippen LogP contribution in [-0.4, -0.2) is 41.5 Å². The Labute approximate surface area is 119 Å². The van der Waals surface area contributed by atoms with Crippen LogP contribution in [0, 0.1) is 5.41 Å². The fraction of sp³-hybridized carbons (Fsp3) is 0.533. The Balaban J connectivity index is 3.19. The maximum atomic E-state index is 11.5. The minimum atomic E-state index is -1.03. The Morgan fingerprint density at radius 2 is 1.85 bits per heavy atom. The molecule has 1 unspecified atom stereocenters. The molecule has 5 nitrogen and oxygen atoms in total. The van der Waals surface area contributed by atoms with Gasteiger partial charge in [0.2, 0.25) is 0 Å². The number of nitrogens with zero attached hydrogens (tertiary/aromatic N) is 1. The number of rotatable bonds is 5. The minimum absolute atomic E-state index is 0.0866. The average Bonchev–Trinajstić information content (AvgIpc) is 2.37. The number of aliphatic hydroxyl groups is 1. The van der Waals surface area contributed by atoms with Gasteiger partial charge in [0.05, 0.1) is 19.8 Å². The Morgan fingerprint density at radius 3 is 2.20 bits per heavy atom. The van der Waals surface area contributed by atoms with Gasteiger partial charge in [-0.25, -0.2) is 4.79 Å². The highest BCUT2D eigenvalue weighted by molar-refractivity contribution is 5.66. The first-order valence-electron chi connectivity index (χ1n) is 6.55. The highest BCUT2D eigenvalue weighted by atomic mass is 16.5. The number of carbonyl (C=O) groups is 1. The van der Waals surface area contributed by atoms with E-state index in [0.29, 0.717) is 0 Å². The molecule has 0 saturated heterocycles. The second-order valence-corrected chi connectivity index (χ2v) is 5.74. The van der Waals surface area contributed by atoms with Crippen LogP contribution < -0.4 is 4.74 Å². The van der Waals surface area contributed by atoms with Gasteiger partial charge in [-0.05, 0) is 23.1 Å². The molecule has 1 atom stereocenters. The lowest BCUT2D eigenvalue weighted by molar-refractivity contribution is 0.0694. The summed E-state index contributed by atoms with van der Waals surface area (Å²) < 4.78 is 5.12. The number of amides is 1. The van der Waals surface area contributed by atoms with Crippen molar-refractivity contribution in [2.45, 2.75) is 26.8 Å². The summed E-state index contributed by atoms with van der Waals surface area (Å²) in [5.74, 6) is 0.727. The molecule has 0 aliphatic heterocycles. The van der Waals surface area contributed by atoms with Gasteiger partial charge in [0.25, 0.3) is 0 Å². The third-order valence-corrected chi connectivity index (χ3v) is 3.15. The van der Waals surface area contributed by atoms with Crippen LogP contribution in [-0.2, 0) is 0 Å². The van der Waals surface area contributed by atoms with Gasteiger partial charge in [-0.2, -0.15) is 0 Å². The predicted molar refractivity (Wildman–Crippen MR) is 77.0 cm³/mol. The van der Waals surface area contributed by atoms with E-state index in [9.17, 15) is 9.90 Å². The van der Waals surface area contributed by atoms with E-state index in [4.69, 9.17) is 9.84 Å². The quantitative estimate of drug-likeness (QED) is 0.870. The topological polar surface area (TPSA) is 70.0 Å². The molecular formula is C15H23NO4. The molecule has 0 aliphatic rings. The summed E-state index contributed by atoms with van der Waals surface area (Å²) in [6, 6.07) is 7.02. The van der Waals surface area contributed by atoms with Gasteiger partial charge in [-0.15, -0.1) is 0 Å². The van der Waals surface area contributed by atoms with Crippen LogP contribution in [0.2, 0.25) is 0 Å². The minimum Gasteiger partial charge on any atom is -0.497 e. The second kappa shape index (κ2) is 6.61. The summed E-state index contributed by atoms with van der Waals surface area (Å²) in [7, 11) is 1.59. The predicted octanol–water partition coefficient (Wildman–Crippen LogP) is 2.75. The van der Waals surface area contributed by atoms with Gasteiger partial charge >= 0.3 is 6.09 Å². The van der Waals surface area contributed by atoms with Crippen molar-refractivity contribution in [3.05, 3.63) is 29.8 Å². The summed E-state index contributed by atoms with van der Waals surface area (Å²) in [6.45, 7) is 5.83. The lowest BCUT2D eigenvalue weighted by Gasteiger charge is -2.38. The van der Waals surface area contributed by atoms with Crippen LogP contribution in [0.4, 0.5) is 4.79 Å². The number of hydrogen-bond donors (Lipinski definition) is 2. The number of benzene rings is 1. The van der Waals surface area contributed by atoms with Crippen LogP contribution >= 0.6 is 0 Å². The smallest absolute Gasteiger partial charge is 0.407 e. The van der Waals surface area contributed by atoms with E-state index in [1.54, 1.807) is 7.11 Å². The lowest BCUT2D eigenvalue weighted by Crippen LogP contribution is -2.41. The molecule has 5 heteroatoms. The van der Waals surface area contributed by atoms with Crippen LogP contribution in [0.1, 0.15) is 32.4 Å². The number of carboxylic acid groups (broad SMARTS) is 1. The van der Waals surface area contributed by atoms with E-state index < -0.39 is 6.09 Å². The molecule has 2 N–H and O–H groups in total. The fourth-order valence-electron chi connectivity index (χ4n) is 2.38. The van der Waals surface area contributed by atoms with E-state index in [1.807, 2.05) is 45.0 Å². The second-order valence-electron chi connectivity index (χ2n) is 5.74. The van der Waals surface area contributed by atoms with Crippen molar-refractivity contribution < 1.29 is 19.7 Å². The van der Waals surface area contributed by atoms with E-state index in [2.05, 4.69) is 0 Å². The molecule has 1 amide bonds. The normalized spacial score (nSPS) is 12.8. The zero-order valence-corrected chi connectivity index (χ0v) is 12.5. The molecule has 20 heavy (non-hydrogen) atoms. The largest absolute Gasteiger partial charge is 0.497 e. The first kappa shape index (κ1) is 16.3. The van der Waals surface area contributed by atoms with Gasteiger partial charge in [0, 0.05) is 6.54 Å². The monoisotopic (exact) mass is 281 g/mol. The SMILES string of the molecule is COc1ccc(C(N(CCO)C(=O)O)C(C)(C)C)cc1. The molecule has 0 saturated carbocycles. The fourth-order valence-corrected chi connectivity index (χ4v) is 2.38. The third-order valence-electron chi connectivity index (χ3n) is 3.15. The van der Waals surface area contributed by atoms with Gasteiger partial charge in [-0.1, -0.05) is 32.9 Å². The highest BCUT2D eigenvalue weighted by Gasteiger charge is 2.34. The Morgan fingerprint density at radius 1 is 1.30 bits per heavy atom. The first-order valence-corrected chi connectivity index (χ1v) is 6.55. The molecule has 0 spiro atoms. The van der Waals surface area contributed by atoms with Gasteiger partial charge in [0.15, 0.2) is 0 Å². The van der Waals surface area contributed by atoms with E-state index in [-0.39, 0.29) is 24.6 Å². The Hall–Kier alpha value is -1.75. The molecule has 1 rings (SSSR count). The van der Waals surface area contributed by atoms with Crippen LogP contribution in [0.25, 0.3) is 0 Å². The van der Waals surface area contributed by atoms with E-state index in [0.717, 1.165) is 11.3 Å². The van der Waals surface area contributed by atoms with Crippen molar-refractivity contribution in [2.75, 3.05) is 20.3 Å². The number of hydrogen-bond acceptors (Lipinski definition) is 3. The maximum Gasteiger partial charge on any atom is 0.407 e. The van der Waals surface area contributed by atoms with E-state index >= 15 is 0 Å². The summed E-state index contributed by atoms with van der Waals surface area (Å²) in [4.78, 5) is 12.7. The Bertz CT molecular complexity index is 436. The molecule has 0 bridgehead atoms. The molecule has 112 valence electrons. The van der Waals surface area contributed by atoms with Gasteiger partial charge in [0.1, 0.15) is 5.75 Å². The van der Waals surface area contributed by atoms with Crippen molar-refractivity contribution in [2.24, 2.45) is 5.41 Å². The number of methoxy groups -OCH3 is 1. The molecule has 1 aromatic rings. The molecule has 0 radical (unpaired) electrons. The molecule has 0 heterocycles. The van der Waals surface area contributed by atoms with Crippen molar-refractivity contribution >= 4 is 6.09 Å². The summed E-state index contributed by atoms with van der Waals surface area (Å²) in [6.07, 6.45) is -1.03. The number of aliphatic hydroxyl groups excluding tert-OH is 1. The maximum absolute atomic E-state index is 11.5. The summed E-state index contributed by atoms with van der Waals surface area (Å²) >= 11 is 0. The van der Waals surface area contributed by atoms with Crippen LogP contribution in [0.5, 0.6) is 5.75 Å². The molecule has 1 aromatic carbocycles. The van der Waals surface area contributed by atoms with Crippen LogP contribution in [0.15, 0.2) is 24.3 Å². The Kier molecular flexibility index (Phi) is 5.39. The standard InChI is InChI=1S/C15H23NO4/c1-15(2,3)13(16(9-10-17)14(18)19)11-5-7-12(20-4)8-6-11/h5-8,13,17H,9-10H2,1-4H3,(H,18,19). The zero-order valence-electron chi connectivity index (χ0n) is 12.5. The molecule has 0 aliphatic carbocycles. The van der Waals surface area contributed by atoms with Crippen molar-refractivity contribution in [1.29, 1.82) is 0 Å². The van der Waals surface area contributed by atoms with Gasteiger partial charge < -0.3 is 14.9 Å². The summed E-state index contributed by atoms with van der Waals surface area (Å²) in [5, 5.41) is 18.5. The number of ether oxygens (including phenoxy) is 1. The van der Waals surface area contributed by atoms with Crippen molar-refractivity contribution in [3.63, 3.8) is 0 Å². The van der Waals surface area contributed by atoms with E-state index in [1.165, 1.54) is 4.90 Å². The molecular weight excluding hydrogens is 258 g/mol. The zero-order chi connectivity index (χ0) is 15.3. The average molecular weight is 281 g/mol. The van der Waals surface area contributed by atoms with Gasteiger partial charge in [-0.3, -0.25) is 4.90 Å². The lowest BCUT2D eigenvalue weighted by atomic mass is 9.81.